The fourth-order valence-electron chi connectivity index (χ4n) is 2.71. The number of allylic oxidation sites excluding steroid dienone is 1. The highest BCUT2D eigenvalue weighted by Crippen LogP contribution is 2.24. The van der Waals surface area contributed by atoms with Crippen LogP contribution in [0.3, 0.4) is 0 Å². The summed E-state index contributed by atoms with van der Waals surface area (Å²) in [6.45, 7) is 6.48. The summed E-state index contributed by atoms with van der Waals surface area (Å²) >= 11 is 0. The molecular formula is C16H18N6. The van der Waals surface area contributed by atoms with Crippen LogP contribution in [-0.4, -0.2) is 16.8 Å². The van der Waals surface area contributed by atoms with Crippen molar-refractivity contribution in [3.05, 3.63) is 45.9 Å². The van der Waals surface area contributed by atoms with E-state index in [0.29, 0.717) is 6.54 Å². The third-order valence-corrected chi connectivity index (χ3v) is 3.78. The van der Waals surface area contributed by atoms with Crippen molar-refractivity contribution < 1.29 is 0 Å². The second kappa shape index (κ2) is 5.79. The van der Waals surface area contributed by atoms with Crippen LogP contribution in [0.25, 0.3) is 0 Å². The normalized spacial score (nSPS) is 17.8. The van der Waals surface area contributed by atoms with Crippen LogP contribution < -0.4 is 11.5 Å². The van der Waals surface area contributed by atoms with E-state index in [1.807, 2.05) is 26.8 Å². The molecule has 0 aromatic heterocycles. The first-order valence-electron chi connectivity index (χ1n) is 6.86. The number of hydrogen-bond acceptors (Lipinski definition) is 6. The number of amidine groups is 1. The minimum absolute atomic E-state index is 0.0476. The molecule has 1 heterocycles. The molecule has 0 amide bonds. The van der Waals surface area contributed by atoms with E-state index in [2.05, 4.69) is 23.2 Å². The van der Waals surface area contributed by atoms with Crippen molar-refractivity contribution >= 4 is 5.84 Å². The Kier molecular flexibility index (Phi) is 4.05. The van der Waals surface area contributed by atoms with Gasteiger partial charge in [0.25, 0.3) is 0 Å². The Morgan fingerprint density at radius 1 is 1.18 bits per heavy atom. The highest BCUT2D eigenvalue weighted by Gasteiger charge is 2.30. The predicted octanol–water partition coefficient (Wildman–Crippen LogP) is 1.33. The van der Waals surface area contributed by atoms with Gasteiger partial charge in [-0.3, -0.25) is 0 Å². The molecule has 1 atom stereocenters. The van der Waals surface area contributed by atoms with Crippen LogP contribution in [0.2, 0.25) is 0 Å². The lowest BCUT2D eigenvalue weighted by Gasteiger charge is -2.32. The Hall–Kier alpha value is -2.99. The zero-order valence-electron chi connectivity index (χ0n) is 12.9. The van der Waals surface area contributed by atoms with Crippen LogP contribution in [0.4, 0.5) is 0 Å². The first kappa shape index (κ1) is 15.4. The van der Waals surface area contributed by atoms with Crippen LogP contribution >= 0.6 is 0 Å². The van der Waals surface area contributed by atoms with Gasteiger partial charge in [-0.05, 0) is 37.5 Å². The smallest absolute Gasteiger partial charge is 0.182 e. The third-order valence-electron chi connectivity index (χ3n) is 3.78. The minimum atomic E-state index is -0.766. The molecule has 4 N–H and O–H groups in total. The maximum Gasteiger partial charge on any atom is 0.182 e. The van der Waals surface area contributed by atoms with Crippen molar-refractivity contribution in [2.24, 2.45) is 16.5 Å². The number of benzene rings is 1. The fourth-order valence-corrected chi connectivity index (χ4v) is 2.71. The molecule has 1 unspecified atom stereocenters. The molecule has 6 nitrogen and oxygen atoms in total. The topological polar surface area (TPSA) is 115 Å². The summed E-state index contributed by atoms with van der Waals surface area (Å²) < 4.78 is 0. The third kappa shape index (κ3) is 2.59. The maximum atomic E-state index is 9.36. The van der Waals surface area contributed by atoms with Gasteiger partial charge in [0.2, 0.25) is 0 Å². The van der Waals surface area contributed by atoms with Gasteiger partial charge in [-0.25, -0.2) is 4.99 Å². The lowest BCUT2D eigenvalue weighted by molar-refractivity contribution is 0.323. The second-order valence-corrected chi connectivity index (χ2v) is 5.42. The summed E-state index contributed by atoms with van der Waals surface area (Å²) in [5.74, 6) is 0.276. The quantitative estimate of drug-likeness (QED) is 0.853. The van der Waals surface area contributed by atoms with Crippen LogP contribution in [0.1, 0.15) is 22.3 Å². The highest BCUT2D eigenvalue weighted by molar-refractivity contribution is 5.90. The molecule has 0 spiro atoms. The first-order chi connectivity index (χ1) is 10.4. The van der Waals surface area contributed by atoms with Crippen molar-refractivity contribution in [1.29, 1.82) is 10.5 Å². The van der Waals surface area contributed by atoms with Crippen molar-refractivity contribution in [2.45, 2.75) is 33.4 Å². The number of rotatable bonds is 2. The standard InChI is InChI=1S/C16H18N6/c1-9-4-10(2)12(11(3)5-9)8-22-14(7-18)15(19)21-13(6-17)16(22)20/h4-5,14H,8,20H2,1-3H3,(H2,19,21). The van der Waals surface area contributed by atoms with E-state index >= 15 is 0 Å². The number of aryl methyl sites for hydroxylation is 3. The van der Waals surface area contributed by atoms with Crippen LogP contribution in [0.5, 0.6) is 0 Å². The van der Waals surface area contributed by atoms with Gasteiger partial charge in [-0.2, -0.15) is 10.5 Å². The molecule has 0 saturated heterocycles. The summed E-state index contributed by atoms with van der Waals surface area (Å²) in [5, 5.41) is 18.5. The van der Waals surface area contributed by atoms with E-state index in [1.54, 1.807) is 4.90 Å². The first-order valence-corrected chi connectivity index (χ1v) is 6.86. The molecular weight excluding hydrogens is 276 g/mol. The van der Waals surface area contributed by atoms with Gasteiger partial charge in [-0.15, -0.1) is 0 Å². The van der Waals surface area contributed by atoms with Crippen molar-refractivity contribution in [1.82, 2.24) is 4.90 Å². The van der Waals surface area contributed by atoms with Crippen molar-refractivity contribution in [3.8, 4) is 12.1 Å². The average Bonchev–Trinajstić information content (AvgIpc) is 2.45. The minimum Gasteiger partial charge on any atom is -0.384 e. The predicted molar refractivity (Wildman–Crippen MR) is 84.0 cm³/mol. The van der Waals surface area contributed by atoms with Gasteiger partial charge in [-0.1, -0.05) is 17.7 Å². The zero-order chi connectivity index (χ0) is 16.4. The van der Waals surface area contributed by atoms with Crippen LogP contribution in [0, 0.1) is 43.4 Å². The Bertz CT molecular complexity index is 737. The fraction of sp³-hybridized carbons (Fsp3) is 0.312. The van der Waals surface area contributed by atoms with Crippen molar-refractivity contribution in [3.63, 3.8) is 0 Å². The van der Waals surface area contributed by atoms with E-state index in [9.17, 15) is 5.26 Å². The van der Waals surface area contributed by atoms with E-state index in [-0.39, 0.29) is 17.4 Å². The molecule has 6 heteroatoms. The van der Waals surface area contributed by atoms with Crippen LogP contribution in [-0.2, 0) is 6.54 Å². The molecule has 0 aliphatic carbocycles. The SMILES string of the molecule is Cc1cc(C)c(CN2C(N)=C(C#N)N=C(N)C2C#N)c(C)c1. The second-order valence-electron chi connectivity index (χ2n) is 5.42. The Labute approximate surface area is 130 Å². The number of nitrogens with zero attached hydrogens (tertiary/aromatic N) is 4. The number of nitrogens with two attached hydrogens (primary N) is 2. The van der Waals surface area contributed by atoms with Crippen LogP contribution in [0.15, 0.2) is 28.6 Å². The summed E-state index contributed by atoms with van der Waals surface area (Å²) in [4.78, 5) is 5.54. The van der Waals surface area contributed by atoms with E-state index < -0.39 is 6.04 Å². The lowest BCUT2D eigenvalue weighted by Crippen LogP contribution is -2.48. The van der Waals surface area contributed by atoms with Gasteiger partial charge in [0.05, 0.1) is 6.07 Å². The van der Waals surface area contributed by atoms with Gasteiger partial charge in [0, 0.05) is 6.54 Å². The van der Waals surface area contributed by atoms with E-state index in [1.165, 1.54) is 5.56 Å². The summed E-state index contributed by atoms with van der Waals surface area (Å²) in [6.07, 6.45) is 0. The molecule has 1 aromatic rings. The molecule has 1 aliphatic rings. The van der Waals surface area contributed by atoms with E-state index in [4.69, 9.17) is 16.7 Å². The Morgan fingerprint density at radius 3 is 2.27 bits per heavy atom. The summed E-state index contributed by atoms with van der Waals surface area (Å²) in [7, 11) is 0. The molecule has 0 bridgehead atoms. The number of nitriles is 2. The molecule has 0 fully saturated rings. The summed E-state index contributed by atoms with van der Waals surface area (Å²) in [6, 6.07) is 7.41. The molecule has 0 saturated carbocycles. The van der Waals surface area contributed by atoms with Gasteiger partial charge in [0.15, 0.2) is 11.7 Å². The average molecular weight is 294 g/mol. The van der Waals surface area contributed by atoms with Crippen molar-refractivity contribution in [2.75, 3.05) is 0 Å². The lowest BCUT2D eigenvalue weighted by atomic mass is 9.98. The molecule has 1 aliphatic heterocycles. The van der Waals surface area contributed by atoms with Gasteiger partial charge < -0.3 is 16.4 Å². The molecule has 22 heavy (non-hydrogen) atoms. The largest absolute Gasteiger partial charge is 0.384 e. The van der Waals surface area contributed by atoms with E-state index in [0.717, 1.165) is 16.7 Å². The molecule has 112 valence electrons. The Morgan fingerprint density at radius 2 is 1.77 bits per heavy atom. The van der Waals surface area contributed by atoms with Gasteiger partial charge in [0.1, 0.15) is 17.7 Å². The monoisotopic (exact) mass is 294 g/mol. The Balaban J connectivity index is 2.48. The van der Waals surface area contributed by atoms with Gasteiger partial charge >= 0.3 is 0 Å². The number of aliphatic imine (C=N–C) groups is 1. The zero-order valence-corrected chi connectivity index (χ0v) is 12.9. The maximum absolute atomic E-state index is 9.36. The number of hydrogen-bond donors (Lipinski definition) is 2. The summed E-state index contributed by atoms with van der Waals surface area (Å²) in [5.41, 5.74) is 16.3. The highest BCUT2D eigenvalue weighted by atomic mass is 15.3. The molecule has 1 aromatic carbocycles. The molecule has 0 radical (unpaired) electrons. The molecule has 2 rings (SSSR count).